The minimum absolute atomic E-state index is 0.347. The molecule has 7 nitrogen and oxygen atoms in total. The first-order chi connectivity index (χ1) is 7.50. The molecule has 4 N–H and O–H groups in total. The molecule has 2 rings (SSSR count). The minimum atomic E-state index is -1.11. The second-order valence-electron chi connectivity index (χ2n) is 4.09. The number of piperazine rings is 1. The van der Waals surface area contributed by atoms with E-state index in [-0.39, 0.29) is 24.3 Å². The molecule has 0 spiro atoms. The summed E-state index contributed by atoms with van der Waals surface area (Å²) in [5.74, 6) is -1.81. The Kier molecular flexibility index (Phi) is 2.55. The normalized spacial score (nSPS) is 33.6. The summed E-state index contributed by atoms with van der Waals surface area (Å²) in [7, 11) is 0. The Morgan fingerprint density at radius 1 is 1.56 bits per heavy atom. The van der Waals surface area contributed by atoms with Crippen LogP contribution in [-0.2, 0) is 14.4 Å². The van der Waals surface area contributed by atoms with Crippen molar-refractivity contribution < 1.29 is 19.5 Å². The number of hydrogen-bond donors (Lipinski definition) is 3. The summed E-state index contributed by atoms with van der Waals surface area (Å²) in [6.07, 6.45) is 0.187. The van der Waals surface area contributed by atoms with Crippen LogP contribution in [-0.4, -0.2) is 52.5 Å². The van der Waals surface area contributed by atoms with Crippen molar-refractivity contribution in [2.45, 2.75) is 31.0 Å². The van der Waals surface area contributed by atoms with E-state index in [1.807, 2.05) is 0 Å². The van der Waals surface area contributed by atoms with Gasteiger partial charge in [-0.1, -0.05) is 0 Å². The van der Waals surface area contributed by atoms with Crippen LogP contribution in [0, 0.1) is 0 Å². The highest BCUT2D eigenvalue weighted by Gasteiger charge is 2.47. The van der Waals surface area contributed by atoms with Gasteiger partial charge in [0.05, 0.1) is 6.42 Å². The molecule has 3 atom stereocenters. The zero-order valence-electron chi connectivity index (χ0n) is 8.55. The van der Waals surface area contributed by atoms with Crippen LogP contribution in [0.4, 0.5) is 0 Å². The molecule has 0 radical (unpaired) electrons. The molecule has 2 heterocycles. The highest BCUT2D eigenvalue weighted by atomic mass is 16.4. The number of nitrogens with zero attached hydrogens (tertiary/aromatic N) is 1. The van der Waals surface area contributed by atoms with E-state index in [4.69, 9.17) is 10.8 Å². The maximum Gasteiger partial charge on any atom is 0.305 e. The van der Waals surface area contributed by atoms with Gasteiger partial charge in [-0.05, 0) is 6.42 Å². The number of aliphatic carboxylic acids is 1. The van der Waals surface area contributed by atoms with Gasteiger partial charge >= 0.3 is 5.97 Å². The molecule has 0 aliphatic carbocycles. The Morgan fingerprint density at radius 2 is 2.25 bits per heavy atom. The first kappa shape index (κ1) is 10.9. The summed E-state index contributed by atoms with van der Waals surface area (Å²) < 4.78 is 0. The summed E-state index contributed by atoms with van der Waals surface area (Å²) in [5, 5.41) is 11.0. The molecular formula is C9H13N3O4. The molecule has 2 amide bonds. The standard InChI is InChI=1S/C9H13N3O4/c10-4-1-2-12-7(4)8(15)11-5(9(12)16)3-6(13)14/h4-5,7H,1-3,10H2,(H,11,15)(H,13,14). The van der Waals surface area contributed by atoms with Crippen molar-refractivity contribution in [1.82, 2.24) is 10.2 Å². The number of fused-ring (bicyclic) bond motifs is 1. The van der Waals surface area contributed by atoms with Crippen molar-refractivity contribution in [3.05, 3.63) is 0 Å². The Bertz CT molecular complexity index is 357. The van der Waals surface area contributed by atoms with Gasteiger partial charge < -0.3 is 21.1 Å². The maximum atomic E-state index is 11.8. The molecular weight excluding hydrogens is 214 g/mol. The topological polar surface area (TPSA) is 113 Å². The smallest absolute Gasteiger partial charge is 0.305 e. The van der Waals surface area contributed by atoms with Crippen LogP contribution in [0.25, 0.3) is 0 Å². The van der Waals surface area contributed by atoms with Gasteiger partial charge in [-0.3, -0.25) is 14.4 Å². The molecule has 0 aromatic carbocycles. The summed E-state index contributed by atoms with van der Waals surface area (Å²) in [6, 6.07) is -1.93. The first-order valence-corrected chi connectivity index (χ1v) is 5.09. The van der Waals surface area contributed by atoms with Crippen molar-refractivity contribution in [2.24, 2.45) is 5.73 Å². The fourth-order valence-corrected chi connectivity index (χ4v) is 2.23. The second kappa shape index (κ2) is 3.75. The zero-order chi connectivity index (χ0) is 11.9. The van der Waals surface area contributed by atoms with Crippen molar-refractivity contribution in [1.29, 1.82) is 0 Å². The van der Waals surface area contributed by atoms with E-state index >= 15 is 0 Å². The number of carboxylic acid groups (broad SMARTS) is 1. The number of carbonyl (C=O) groups excluding carboxylic acids is 2. The third kappa shape index (κ3) is 1.63. The average Bonchev–Trinajstić information content (AvgIpc) is 2.56. The highest BCUT2D eigenvalue weighted by molar-refractivity contribution is 5.99. The Labute approximate surface area is 91.6 Å². The number of carboxylic acids is 1. The number of carbonyl (C=O) groups is 3. The van der Waals surface area contributed by atoms with Crippen LogP contribution in [0.15, 0.2) is 0 Å². The number of rotatable bonds is 2. The Hall–Kier alpha value is -1.63. The summed E-state index contributed by atoms with van der Waals surface area (Å²) >= 11 is 0. The average molecular weight is 227 g/mol. The van der Waals surface area contributed by atoms with Gasteiger partial charge in [0.1, 0.15) is 12.1 Å². The SMILES string of the molecule is NC1CCN2C(=O)C(CC(=O)O)NC(=O)C12. The van der Waals surface area contributed by atoms with Gasteiger partial charge in [-0.2, -0.15) is 0 Å². The molecule has 0 bridgehead atoms. The lowest BCUT2D eigenvalue weighted by atomic mass is 10.0. The van der Waals surface area contributed by atoms with E-state index in [0.29, 0.717) is 13.0 Å². The lowest BCUT2D eigenvalue weighted by Gasteiger charge is -2.35. The van der Waals surface area contributed by atoms with Gasteiger partial charge in [-0.15, -0.1) is 0 Å². The number of amides is 2. The third-order valence-electron chi connectivity index (χ3n) is 2.99. The van der Waals surface area contributed by atoms with Gasteiger partial charge in [0.25, 0.3) is 0 Å². The lowest BCUT2D eigenvalue weighted by molar-refractivity contribution is -0.150. The largest absolute Gasteiger partial charge is 0.481 e. The number of hydrogen-bond acceptors (Lipinski definition) is 4. The summed E-state index contributed by atoms with van der Waals surface area (Å²) in [6.45, 7) is 0.425. The van der Waals surface area contributed by atoms with Crippen LogP contribution in [0.2, 0.25) is 0 Å². The van der Waals surface area contributed by atoms with Gasteiger partial charge in [0.15, 0.2) is 0 Å². The minimum Gasteiger partial charge on any atom is -0.481 e. The quantitative estimate of drug-likeness (QED) is 0.499. The van der Waals surface area contributed by atoms with Crippen molar-refractivity contribution >= 4 is 17.8 Å². The predicted molar refractivity (Wildman–Crippen MR) is 52.3 cm³/mol. The van der Waals surface area contributed by atoms with Crippen molar-refractivity contribution in [3.63, 3.8) is 0 Å². The molecule has 2 aliphatic rings. The summed E-state index contributed by atoms with van der Waals surface area (Å²) in [4.78, 5) is 35.4. The van der Waals surface area contributed by atoms with E-state index in [2.05, 4.69) is 5.32 Å². The van der Waals surface area contributed by atoms with Crippen LogP contribution in [0.3, 0.4) is 0 Å². The third-order valence-corrected chi connectivity index (χ3v) is 2.99. The molecule has 3 unspecified atom stereocenters. The van der Waals surface area contributed by atoms with E-state index in [0.717, 1.165) is 0 Å². The van der Waals surface area contributed by atoms with Gasteiger partial charge in [0, 0.05) is 12.6 Å². The molecule has 2 fully saturated rings. The van der Waals surface area contributed by atoms with Crippen LogP contribution < -0.4 is 11.1 Å². The molecule has 88 valence electrons. The van der Waals surface area contributed by atoms with E-state index < -0.39 is 18.1 Å². The van der Waals surface area contributed by atoms with Gasteiger partial charge in [0.2, 0.25) is 11.8 Å². The van der Waals surface area contributed by atoms with Gasteiger partial charge in [-0.25, -0.2) is 0 Å². The molecule has 0 aromatic heterocycles. The van der Waals surface area contributed by atoms with Crippen LogP contribution in [0.5, 0.6) is 0 Å². The monoisotopic (exact) mass is 227 g/mol. The number of nitrogens with one attached hydrogen (secondary N) is 1. The van der Waals surface area contributed by atoms with E-state index in [1.54, 1.807) is 0 Å². The molecule has 0 aromatic rings. The highest BCUT2D eigenvalue weighted by Crippen LogP contribution is 2.22. The fraction of sp³-hybridized carbons (Fsp3) is 0.667. The predicted octanol–water partition coefficient (Wildman–Crippen LogP) is -2.11. The van der Waals surface area contributed by atoms with E-state index in [1.165, 1.54) is 4.90 Å². The molecule has 16 heavy (non-hydrogen) atoms. The fourth-order valence-electron chi connectivity index (χ4n) is 2.23. The first-order valence-electron chi connectivity index (χ1n) is 5.09. The molecule has 0 saturated carbocycles. The molecule has 2 saturated heterocycles. The second-order valence-corrected chi connectivity index (χ2v) is 4.09. The molecule has 2 aliphatic heterocycles. The Balaban J connectivity index is 2.16. The maximum absolute atomic E-state index is 11.8. The summed E-state index contributed by atoms with van der Waals surface area (Å²) in [5.41, 5.74) is 5.72. The molecule has 7 heteroatoms. The van der Waals surface area contributed by atoms with Crippen LogP contribution >= 0.6 is 0 Å². The van der Waals surface area contributed by atoms with Crippen molar-refractivity contribution in [3.8, 4) is 0 Å². The van der Waals surface area contributed by atoms with E-state index in [9.17, 15) is 14.4 Å². The van der Waals surface area contributed by atoms with Crippen molar-refractivity contribution in [2.75, 3.05) is 6.54 Å². The zero-order valence-corrected chi connectivity index (χ0v) is 8.55. The lowest BCUT2D eigenvalue weighted by Crippen LogP contribution is -2.64. The van der Waals surface area contributed by atoms with Crippen LogP contribution in [0.1, 0.15) is 12.8 Å². The Morgan fingerprint density at radius 3 is 2.88 bits per heavy atom. The number of nitrogens with two attached hydrogens (primary N) is 1.